The lowest BCUT2D eigenvalue weighted by Crippen LogP contribution is -2.37. The number of hydrogen-bond donors (Lipinski definition) is 2. The third-order valence-corrected chi connectivity index (χ3v) is 2.62. The molecule has 0 unspecified atom stereocenters. The van der Waals surface area contributed by atoms with E-state index >= 15 is 0 Å². The molecule has 2 N–H and O–H groups in total. The van der Waals surface area contributed by atoms with Crippen LogP contribution in [0.1, 0.15) is 29.8 Å². The van der Waals surface area contributed by atoms with Gasteiger partial charge in [-0.2, -0.15) is 0 Å². The maximum absolute atomic E-state index is 11.2. The Hall–Kier alpha value is -2.39. The average molecular weight is 262 g/mol. The zero-order valence-electron chi connectivity index (χ0n) is 10.6. The Labute approximate surface area is 110 Å². The summed E-state index contributed by atoms with van der Waals surface area (Å²) in [5.41, 5.74) is -1.04. The summed E-state index contributed by atoms with van der Waals surface area (Å²) < 4.78 is 0. The van der Waals surface area contributed by atoms with E-state index in [4.69, 9.17) is 11.5 Å². The quantitative estimate of drug-likeness (QED) is 0.479. The fraction of sp³-hybridized carbons (Fsp3) is 0.308. The highest BCUT2D eigenvalue weighted by Gasteiger charge is 2.24. The molecule has 0 saturated carbocycles. The molecule has 0 aliphatic heterocycles. The largest absolute Gasteiger partial charge is 0.477 e. The van der Waals surface area contributed by atoms with Crippen LogP contribution in [0.4, 0.5) is 5.69 Å². The molecule has 0 radical (unpaired) electrons. The molecule has 0 amide bonds. The molecule has 0 aliphatic rings. The van der Waals surface area contributed by atoms with E-state index in [1.807, 2.05) is 0 Å². The number of terminal acetylenes is 1. The van der Waals surface area contributed by atoms with Crippen LogP contribution >= 0.6 is 0 Å². The number of carboxylic acid groups (broad SMARTS) is 1. The number of nitro benzene ring substituents is 1. The van der Waals surface area contributed by atoms with Crippen LogP contribution in [0.5, 0.6) is 0 Å². The van der Waals surface area contributed by atoms with Gasteiger partial charge in [0.2, 0.25) is 0 Å². The molecule has 6 nitrogen and oxygen atoms in total. The smallest absolute Gasteiger partial charge is 0.343 e. The highest BCUT2D eigenvalue weighted by molar-refractivity contribution is 5.94. The molecule has 6 heteroatoms. The van der Waals surface area contributed by atoms with E-state index in [9.17, 15) is 14.9 Å². The van der Waals surface area contributed by atoms with Crippen LogP contribution in [0.25, 0.3) is 0 Å². The molecule has 0 bridgehead atoms. The molecule has 1 aromatic carbocycles. The first-order valence-corrected chi connectivity index (χ1v) is 5.51. The van der Waals surface area contributed by atoms with E-state index < -0.39 is 22.1 Å². The van der Waals surface area contributed by atoms with Crippen molar-refractivity contribution in [3.8, 4) is 12.3 Å². The number of nitrogens with one attached hydrogen (secondary N) is 1. The van der Waals surface area contributed by atoms with E-state index in [1.54, 1.807) is 13.8 Å². The van der Waals surface area contributed by atoms with Crippen molar-refractivity contribution >= 4 is 11.7 Å². The minimum absolute atomic E-state index is 0.139. The van der Waals surface area contributed by atoms with Gasteiger partial charge in [0, 0.05) is 12.6 Å². The Morgan fingerprint density at radius 3 is 2.68 bits per heavy atom. The summed E-state index contributed by atoms with van der Waals surface area (Å²) in [4.78, 5) is 21.3. The molecule has 1 rings (SSSR count). The number of rotatable bonds is 5. The van der Waals surface area contributed by atoms with E-state index in [0.717, 1.165) is 0 Å². The highest BCUT2D eigenvalue weighted by atomic mass is 16.6. The van der Waals surface area contributed by atoms with Gasteiger partial charge in [-0.15, -0.1) is 6.42 Å². The van der Waals surface area contributed by atoms with Crippen LogP contribution in [-0.2, 0) is 6.54 Å². The number of benzene rings is 1. The van der Waals surface area contributed by atoms with Gasteiger partial charge in [0.15, 0.2) is 0 Å². The van der Waals surface area contributed by atoms with Crippen molar-refractivity contribution in [2.45, 2.75) is 25.9 Å². The molecule has 0 aliphatic carbocycles. The molecule has 0 heterocycles. The van der Waals surface area contributed by atoms with E-state index in [2.05, 4.69) is 11.2 Å². The third kappa shape index (κ3) is 3.53. The van der Waals surface area contributed by atoms with E-state index in [1.165, 1.54) is 18.2 Å². The van der Waals surface area contributed by atoms with Gasteiger partial charge >= 0.3 is 5.97 Å². The molecular formula is C13H14N2O4. The van der Waals surface area contributed by atoms with E-state index in [0.29, 0.717) is 5.56 Å². The SMILES string of the molecule is C#CC(C)(C)NCc1cccc([N+](=O)[O-])c1C(=O)O. The standard InChI is InChI=1S/C13H14N2O4/c1-4-13(2,3)14-8-9-6-5-7-10(15(18)19)11(9)12(16)17/h1,5-7,14H,8H2,2-3H3,(H,16,17). The van der Waals surface area contributed by atoms with Crippen molar-refractivity contribution in [2.75, 3.05) is 0 Å². The molecule has 0 atom stereocenters. The average Bonchev–Trinajstić information content (AvgIpc) is 2.35. The van der Waals surface area contributed by atoms with Gasteiger partial charge in [-0.3, -0.25) is 15.4 Å². The van der Waals surface area contributed by atoms with Crippen LogP contribution in [0.3, 0.4) is 0 Å². The maximum atomic E-state index is 11.2. The predicted octanol–water partition coefficient (Wildman–Crippen LogP) is 1.79. The summed E-state index contributed by atoms with van der Waals surface area (Å²) in [6, 6.07) is 4.14. The third-order valence-electron chi connectivity index (χ3n) is 2.62. The molecule has 0 fully saturated rings. The number of nitro groups is 1. The van der Waals surface area contributed by atoms with Crippen LogP contribution in [0.15, 0.2) is 18.2 Å². The lowest BCUT2D eigenvalue weighted by Gasteiger charge is -2.20. The number of aromatic carboxylic acids is 1. The Kier molecular flexibility index (Phi) is 4.25. The van der Waals surface area contributed by atoms with Gasteiger partial charge in [0.25, 0.3) is 5.69 Å². The first-order valence-electron chi connectivity index (χ1n) is 5.51. The molecule has 0 spiro atoms. The van der Waals surface area contributed by atoms with Crippen molar-refractivity contribution < 1.29 is 14.8 Å². The Balaban J connectivity index is 3.15. The van der Waals surface area contributed by atoms with Crippen LogP contribution in [0.2, 0.25) is 0 Å². The van der Waals surface area contributed by atoms with Crippen LogP contribution < -0.4 is 5.32 Å². The minimum Gasteiger partial charge on any atom is -0.477 e. The summed E-state index contributed by atoms with van der Waals surface area (Å²) in [5.74, 6) is 1.17. The monoisotopic (exact) mass is 262 g/mol. The molecule has 100 valence electrons. The topological polar surface area (TPSA) is 92.5 Å². The number of hydrogen-bond acceptors (Lipinski definition) is 4. The summed E-state index contributed by atoms with van der Waals surface area (Å²) in [5, 5.41) is 22.9. The molecule has 0 saturated heterocycles. The number of carboxylic acids is 1. The van der Waals surface area contributed by atoms with E-state index in [-0.39, 0.29) is 12.1 Å². The van der Waals surface area contributed by atoms with Gasteiger partial charge in [0.1, 0.15) is 5.56 Å². The van der Waals surface area contributed by atoms with Crippen LogP contribution in [0, 0.1) is 22.5 Å². The Morgan fingerprint density at radius 2 is 2.21 bits per heavy atom. The van der Waals surface area contributed by atoms with Crippen molar-refractivity contribution in [1.29, 1.82) is 0 Å². The highest BCUT2D eigenvalue weighted by Crippen LogP contribution is 2.22. The van der Waals surface area contributed by atoms with Gasteiger partial charge in [0.05, 0.1) is 10.5 Å². The summed E-state index contributed by atoms with van der Waals surface area (Å²) >= 11 is 0. The number of carbonyl (C=O) groups is 1. The van der Waals surface area contributed by atoms with Gasteiger partial charge in [-0.1, -0.05) is 18.1 Å². The van der Waals surface area contributed by atoms with Gasteiger partial charge in [-0.25, -0.2) is 4.79 Å². The lowest BCUT2D eigenvalue weighted by molar-refractivity contribution is -0.385. The number of nitrogens with zero attached hydrogens (tertiary/aromatic N) is 1. The maximum Gasteiger partial charge on any atom is 0.343 e. The van der Waals surface area contributed by atoms with Crippen molar-refractivity contribution in [3.63, 3.8) is 0 Å². The summed E-state index contributed by atoms with van der Waals surface area (Å²) in [6.07, 6.45) is 5.31. The van der Waals surface area contributed by atoms with Gasteiger partial charge in [-0.05, 0) is 19.4 Å². The van der Waals surface area contributed by atoms with Crippen molar-refractivity contribution in [2.24, 2.45) is 0 Å². The fourth-order valence-electron chi connectivity index (χ4n) is 1.50. The first-order chi connectivity index (χ1) is 8.78. The van der Waals surface area contributed by atoms with Crippen molar-refractivity contribution in [1.82, 2.24) is 5.32 Å². The normalized spacial score (nSPS) is 10.8. The lowest BCUT2D eigenvalue weighted by atomic mass is 10.0. The summed E-state index contributed by atoms with van der Waals surface area (Å²) in [6.45, 7) is 3.65. The minimum atomic E-state index is -1.33. The van der Waals surface area contributed by atoms with Gasteiger partial charge < -0.3 is 5.11 Å². The zero-order chi connectivity index (χ0) is 14.6. The predicted molar refractivity (Wildman–Crippen MR) is 69.8 cm³/mol. The second-order valence-electron chi connectivity index (χ2n) is 4.50. The molecule has 19 heavy (non-hydrogen) atoms. The Bertz CT molecular complexity index is 558. The van der Waals surface area contributed by atoms with Crippen molar-refractivity contribution in [3.05, 3.63) is 39.4 Å². The molecule has 0 aromatic heterocycles. The molecule has 1 aromatic rings. The second-order valence-corrected chi connectivity index (χ2v) is 4.50. The Morgan fingerprint density at radius 1 is 1.58 bits per heavy atom. The second kappa shape index (κ2) is 5.50. The summed E-state index contributed by atoms with van der Waals surface area (Å²) in [7, 11) is 0. The van der Waals surface area contributed by atoms with Crippen LogP contribution in [-0.4, -0.2) is 21.5 Å². The fourth-order valence-corrected chi connectivity index (χ4v) is 1.50. The molecular weight excluding hydrogens is 248 g/mol. The first kappa shape index (κ1) is 14.7. The zero-order valence-corrected chi connectivity index (χ0v) is 10.6.